The minimum atomic E-state index is -0.366. The van der Waals surface area contributed by atoms with Gasteiger partial charge in [-0.1, -0.05) is 42.1 Å². The number of nitrogens with one attached hydrogen (secondary N) is 1. The van der Waals surface area contributed by atoms with E-state index in [0.29, 0.717) is 11.1 Å². The topological polar surface area (TPSA) is 68.0 Å². The van der Waals surface area contributed by atoms with Crippen molar-refractivity contribution < 1.29 is 9.21 Å². The van der Waals surface area contributed by atoms with Crippen molar-refractivity contribution in [2.45, 2.75) is 29.2 Å². The lowest BCUT2D eigenvalue weighted by Gasteiger charge is -2.12. The number of hydrogen-bond acceptors (Lipinski definition) is 6. The van der Waals surface area contributed by atoms with Gasteiger partial charge in [-0.25, -0.2) is 0 Å². The molecule has 2 aromatic carbocycles. The van der Waals surface area contributed by atoms with E-state index in [1.54, 1.807) is 11.8 Å². The van der Waals surface area contributed by atoms with Gasteiger partial charge in [-0.3, -0.25) is 4.79 Å². The van der Waals surface area contributed by atoms with Crippen molar-refractivity contribution in [3.8, 4) is 11.5 Å². The third-order valence-electron chi connectivity index (χ3n) is 3.79. The van der Waals surface area contributed by atoms with Crippen LogP contribution in [0.3, 0.4) is 0 Å². The molecular weight excluding hydrogens is 366 g/mol. The fraction of sp³-hybridized carbons (Fsp3) is 0.211. The number of nitrogens with zero attached hydrogens (tertiary/aromatic N) is 2. The summed E-state index contributed by atoms with van der Waals surface area (Å²) >= 11 is 2.84. The van der Waals surface area contributed by atoms with E-state index in [4.69, 9.17) is 4.42 Å². The molecule has 134 valence electrons. The molecule has 0 radical (unpaired) electrons. The maximum atomic E-state index is 12.5. The van der Waals surface area contributed by atoms with E-state index in [9.17, 15) is 4.79 Å². The molecule has 26 heavy (non-hydrogen) atoms. The molecule has 0 bridgehead atoms. The largest absolute Gasteiger partial charge is 0.411 e. The third-order valence-corrected chi connectivity index (χ3v) is 5.52. The van der Waals surface area contributed by atoms with E-state index >= 15 is 0 Å². The maximum absolute atomic E-state index is 12.5. The van der Waals surface area contributed by atoms with Gasteiger partial charge in [-0.15, -0.1) is 22.0 Å². The van der Waals surface area contributed by atoms with Gasteiger partial charge in [-0.2, -0.15) is 0 Å². The molecule has 1 amide bonds. The van der Waals surface area contributed by atoms with Crippen molar-refractivity contribution in [3.63, 3.8) is 0 Å². The summed E-state index contributed by atoms with van der Waals surface area (Å²) in [5, 5.41) is 11.1. The lowest BCUT2D eigenvalue weighted by molar-refractivity contribution is -0.115. The van der Waals surface area contributed by atoms with E-state index < -0.39 is 0 Å². The summed E-state index contributed by atoms with van der Waals surface area (Å²) in [5.41, 5.74) is 2.77. The van der Waals surface area contributed by atoms with Crippen LogP contribution in [0, 0.1) is 6.92 Å². The number of aryl methyl sites for hydroxylation is 1. The highest BCUT2D eigenvalue weighted by molar-refractivity contribution is 8.00. The quantitative estimate of drug-likeness (QED) is 0.610. The number of amides is 1. The Labute approximate surface area is 161 Å². The molecule has 1 aromatic heterocycles. The van der Waals surface area contributed by atoms with Crippen molar-refractivity contribution in [3.05, 3.63) is 54.1 Å². The van der Waals surface area contributed by atoms with Crippen LogP contribution in [0.1, 0.15) is 12.5 Å². The van der Waals surface area contributed by atoms with Gasteiger partial charge in [0, 0.05) is 10.5 Å². The first-order valence-electron chi connectivity index (χ1n) is 8.08. The van der Waals surface area contributed by atoms with E-state index in [1.165, 1.54) is 11.8 Å². The summed E-state index contributed by atoms with van der Waals surface area (Å²) in [4.78, 5) is 13.5. The number of thioether (sulfide) groups is 2. The van der Waals surface area contributed by atoms with E-state index in [0.717, 1.165) is 21.7 Å². The van der Waals surface area contributed by atoms with Gasteiger partial charge in [0.2, 0.25) is 11.8 Å². The molecule has 3 aromatic rings. The van der Waals surface area contributed by atoms with Gasteiger partial charge < -0.3 is 9.73 Å². The molecule has 5 nitrogen and oxygen atoms in total. The molecule has 0 aliphatic carbocycles. The Balaban J connectivity index is 1.67. The molecule has 0 saturated heterocycles. The number of carbonyl (C=O) groups is 1. The van der Waals surface area contributed by atoms with E-state index in [1.807, 2.05) is 68.6 Å². The number of aromatic nitrogens is 2. The highest BCUT2D eigenvalue weighted by Crippen LogP contribution is 2.29. The SMILES string of the molecule is CSc1ccccc1NC(=O)C(C)Sc1nnc(-c2ccccc2C)o1. The smallest absolute Gasteiger partial charge is 0.277 e. The monoisotopic (exact) mass is 385 g/mol. The van der Waals surface area contributed by atoms with Crippen LogP contribution in [0.25, 0.3) is 11.5 Å². The average Bonchev–Trinajstić information content (AvgIpc) is 3.10. The van der Waals surface area contributed by atoms with Crippen LogP contribution >= 0.6 is 23.5 Å². The summed E-state index contributed by atoms with van der Waals surface area (Å²) < 4.78 is 5.72. The van der Waals surface area contributed by atoms with E-state index in [-0.39, 0.29) is 11.2 Å². The predicted molar refractivity (Wildman–Crippen MR) is 107 cm³/mol. The second kappa shape index (κ2) is 8.42. The first kappa shape index (κ1) is 18.5. The standard InChI is InChI=1S/C19H19N3O2S2/c1-12-8-4-5-9-14(12)18-21-22-19(24-18)26-13(2)17(23)20-15-10-6-7-11-16(15)25-3/h4-11,13H,1-3H3,(H,20,23). The number of benzene rings is 2. The molecule has 0 spiro atoms. The van der Waals surface area contributed by atoms with Crippen LogP contribution in [0.2, 0.25) is 0 Å². The summed E-state index contributed by atoms with van der Waals surface area (Å²) in [7, 11) is 0. The number of hydrogen-bond donors (Lipinski definition) is 1. The summed E-state index contributed by atoms with van der Waals surface area (Å²) in [6, 6.07) is 15.5. The molecule has 1 unspecified atom stereocenters. The number of carbonyl (C=O) groups excluding carboxylic acids is 1. The molecule has 0 saturated carbocycles. The van der Waals surface area contributed by atoms with Crippen molar-refractivity contribution in [1.29, 1.82) is 0 Å². The van der Waals surface area contributed by atoms with Gasteiger partial charge in [0.25, 0.3) is 5.22 Å². The molecule has 1 heterocycles. The number of rotatable bonds is 6. The minimum Gasteiger partial charge on any atom is -0.411 e. The number of anilines is 1. The third kappa shape index (κ3) is 4.28. The molecule has 0 fully saturated rings. The Bertz CT molecular complexity index is 911. The summed E-state index contributed by atoms with van der Waals surface area (Å²) in [5.74, 6) is 0.359. The fourth-order valence-electron chi connectivity index (χ4n) is 2.37. The van der Waals surface area contributed by atoms with Crippen molar-refractivity contribution >= 4 is 35.1 Å². The average molecular weight is 386 g/mol. The maximum Gasteiger partial charge on any atom is 0.277 e. The zero-order valence-electron chi connectivity index (χ0n) is 14.7. The van der Waals surface area contributed by atoms with Crippen LogP contribution in [0.15, 0.2) is 63.1 Å². The Morgan fingerprint density at radius 1 is 1.12 bits per heavy atom. The van der Waals surface area contributed by atoms with Crippen LogP contribution in [0.4, 0.5) is 5.69 Å². The van der Waals surface area contributed by atoms with Gasteiger partial charge in [0.05, 0.1) is 10.9 Å². The Kier molecular flexibility index (Phi) is 6.00. The fourth-order valence-corrected chi connectivity index (χ4v) is 3.60. The van der Waals surface area contributed by atoms with Crippen LogP contribution in [-0.2, 0) is 4.79 Å². The molecule has 3 rings (SSSR count). The zero-order valence-corrected chi connectivity index (χ0v) is 16.4. The van der Waals surface area contributed by atoms with Crippen molar-refractivity contribution in [2.24, 2.45) is 0 Å². The van der Waals surface area contributed by atoms with Gasteiger partial charge >= 0.3 is 0 Å². The second-order valence-electron chi connectivity index (χ2n) is 5.64. The van der Waals surface area contributed by atoms with E-state index in [2.05, 4.69) is 15.5 Å². The van der Waals surface area contributed by atoms with Gasteiger partial charge in [0.1, 0.15) is 0 Å². The first-order valence-corrected chi connectivity index (χ1v) is 10.2. The van der Waals surface area contributed by atoms with Gasteiger partial charge in [-0.05, 0) is 43.9 Å². The predicted octanol–water partition coefficient (Wildman–Crippen LogP) is 4.89. The normalized spacial score (nSPS) is 12.0. The lowest BCUT2D eigenvalue weighted by atomic mass is 10.1. The van der Waals surface area contributed by atoms with Crippen LogP contribution in [-0.4, -0.2) is 27.6 Å². The Morgan fingerprint density at radius 3 is 2.62 bits per heavy atom. The van der Waals surface area contributed by atoms with Crippen molar-refractivity contribution in [1.82, 2.24) is 10.2 Å². The van der Waals surface area contributed by atoms with Crippen molar-refractivity contribution in [2.75, 3.05) is 11.6 Å². The Hall–Kier alpha value is -2.25. The molecular formula is C19H19N3O2S2. The van der Waals surface area contributed by atoms with Crippen LogP contribution < -0.4 is 5.32 Å². The summed E-state index contributed by atoms with van der Waals surface area (Å²) in [6.45, 7) is 3.81. The Morgan fingerprint density at radius 2 is 1.85 bits per heavy atom. The zero-order chi connectivity index (χ0) is 18.5. The molecule has 7 heteroatoms. The lowest BCUT2D eigenvalue weighted by Crippen LogP contribution is -2.22. The molecule has 1 atom stereocenters. The second-order valence-corrected chi connectivity index (χ2v) is 7.78. The summed E-state index contributed by atoms with van der Waals surface area (Å²) in [6.07, 6.45) is 1.98. The highest BCUT2D eigenvalue weighted by atomic mass is 32.2. The number of para-hydroxylation sites is 1. The van der Waals surface area contributed by atoms with Gasteiger partial charge in [0.15, 0.2) is 0 Å². The molecule has 1 N–H and O–H groups in total. The minimum absolute atomic E-state index is 0.104. The first-order chi connectivity index (χ1) is 12.6. The van der Waals surface area contributed by atoms with Crippen LogP contribution in [0.5, 0.6) is 0 Å². The molecule has 0 aliphatic heterocycles. The molecule has 0 aliphatic rings. The highest BCUT2D eigenvalue weighted by Gasteiger charge is 2.20.